The van der Waals surface area contributed by atoms with Crippen LogP contribution in [-0.4, -0.2) is 30.8 Å². The van der Waals surface area contributed by atoms with E-state index in [1.54, 1.807) is 0 Å². The molecule has 0 bridgehead atoms. The number of carbonyl (C=O) groups excluding carboxylic acids is 2. The van der Waals surface area contributed by atoms with Gasteiger partial charge in [-0.15, -0.1) is 12.4 Å². The number of hydrogen-bond acceptors (Lipinski definition) is 3. The maximum Gasteiger partial charge on any atom is 0.220 e. The molecule has 1 atom stereocenters. The molecular formula is C14H18ClFN2O2. The third kappa shape index (κ3) is 4.90. The number of rotatable bonds is 5. The molecule has 1 unspecified atom stereocenters. The molecule has 0 aliphatic carbocycles. The minimum atomic E-state index is -0.372. The highest BCUT2D eigenvalue weighted by molar-refractivity contribution is 5.97. The van der Waals surface area contributed by atoms with Crippen LogP contribution in [0, 0.1) is 5.82 Å². The average Bonchev–Trinajstić information content (AvgIpc) is 2.89. The number of halogens is 2. The molecule has 1 aliphatic rings. The van der Waals surface area contributed by atoms with Crippen molar-refractivity contribution < 1.29 is 14.0 Å². The Morgan fingerprint density at radius 1 is 1.25 bits per heavy atom. The molecule has 0 radical (unpaired) electrons. The van der Waals surface area contributed by atoms with Crippen molar-refractivity contribution in [3.63, 3.8) is 0 Å². The van der Waals surface area contributed by atoms with E-state index in [1.165, 1.54) is 24.3 Å². The number of hydrogen-bond donors (Lipinski definition) is 2. The van der Waals surface area contributed by atoms with Crippen molar-refractivity contribution in [1.29, 1.82) is 0 Å². The van der Waals surface area contributed by atoms with E-state index >= 15 is 0 Å². The van der Waals surface area contributed by atoms with Gasteiger partial charge in [0, 0.05) is 31.0 Å². The summed E-state index contributed by atoms with van der Waals surface area (Å²) in [6, 6.07) is 5.55. The maximum atomic E-state index is 12.7. The molecule has 1 fully saturated rings. The van der Waals surface area contributed by atoms with Crippen molar-refractivity contribution >= 4 is 24.1 Å². The van der Waals surface area contributed by atoms with E-state index in [0.717, 1.165) is 19.5 Å². The molecule has 1 aliphatic heterocycles. The van der Waals surface area contributed by atoms with E-state index in [2.05, 4.69) is 10.6 Å². The lowest BCUT2D eigenvalue weighted by atomic mass is 10.1. The summed E-state index contributed by atoms with van der Waals surface area (Å²) < 4.78 is 12.7. The normalized spacial score (nSPS) is 17.4. The van der Waals surface area contributed by atoms with Gasteiger partial charge in [0.1, 0.15) is 5.82 Å². The van der Waals surface area contributed by atoms with Gasteiger partial charge in [0.25, 0.3) is 0 Å². The van der Waals surface area contributed by atoms with E-state index in [-0.39, 0.29) is 48.8 Å². The quantitative estimate of drug-likeness (QED) is 0.814. The van der Waals surface area contributed by atoms with Gasteiger partial charge in [0.2, 0.25) is 5.91 Å². The number of nitrogens with one attached hydrogen (secondary N) is 2. The van der Waals surface area contributed by atoms with E-state index in [4.69, 9.17) is 0 Å². The number of benzene rings is 1. The van der Waals surface area contributed by atoms with Crippen molar-refractivity contribution in [2.24, 2.45) is 0 Å². The van der Waals surface area contributed by atoms with E-state index < -0.39 is 0 Å². The fourth-order valence-corrected chi connectivity index (χ4v) is 2.08. The molecular weight excluding hydrogens is 283 g/mol. The monoisotopic (exact) mass is 300 g/mol. The lowest BCUT2D eigenvalue weighted by Gasteiger charge is -2.10. The molecule has 0 saturated carbocycles. The molecule has 110 valence electrons. The highest BCUT2D eigenvalue weighted by Crippen LogP contribution is 2.07. The molecule has 1 aromatic rings. The number of carbonyl (C=O) groups is 2. The first-order valence-electron chi connectivity index (χ1n) is 6.44. The number of ketones is 1. The van der Waals surface area contributed by atoms with E-state index in [9.17, 15) is 14.0 Å². The van der Waals surface area contributed by atoms with Crippen molar-refractivity contribution in [2.75, 3.05) is 13.1 Å². The van der Waals surface area contributed by atoms with Gasteiger partial charge in [0.15, 0.2) is 5.78 Å². The Kier molecular flexibility index (Phi) is 6.61. The molecule has 1 aromatic carbocycles. The predicted molar refractivity (Wildman–Crippen MR) is 76.6 cm³/mol. The summed E-state index contributed by atoms with van der Waals surface area (Å²) in [6.07, 6.45) is 1.25. The second-order valence-corrected chi connectivity index (χ2v) is 4.69. The van der Waals surface area contributed by atoms with Crippen LogP contribution < -0.4 is 10.6 Å². The van der Waals surface area contributed by atoms with Crippen molar-refractivity contribution in [3.8, 4) is 0 Å². The summed E-state index contributed by atoms with van der Waals surface area (Å²) in [5, 5.41) is 6.04. The van der Waals surface area contributed by atoms with Gasteiger partial charge in [-0.2, -0.15) is 0 Å². The van der Waals surface area contributed by atoms with Crippen LogP contribution in [0.3, 0.4) is 0 Å². The summed E-state index contributed by atoms with van der Waals surface area (Å²) in [5.74, 6) is -0.619. The second-order valence-electron chi connectivity index (χ2n) is 4.69. The van der Waals surface area contributed by atoms with Gasteiger partial charge in [-0.3, -0.25) is 9.59 Å². The van der Waals surface area contributed by atoms with E-state index in [0.29, 0.717) is 5.56 Å². The smallest absolute Gasteiger partial charge is 0.220 e. The Morgan fingerprint density at radius 2 is 1.95 bits per heavy atom. The number of amides is 1. The molecule has 2 N–H and O–H groups in total. The minimum Gasteiger partial charge on any atom is -0.352 e. The molecule has 1 amide bonds. The zero-order chi connectivity index (χ0) is 13.7. The summed E-state index contributed by atoms with van der Waals surface area (Å²) in [4.78, 5) is 23.4. The highest BCUT2D eigenvalue weighted by Gasteiger charge is 2.17. The second kappa shape index (κ2) is 7.97. The molecule has 20 heavy (non-hydrogen) atoms. The van der Waals surface area contributed by atoms with Crippen LogP contribution in [0.2, 0.25) is 0 Å². The highest BCUT2D eigenvalue weighted by atomic mass is 35.5. The lowest BCUT2D eigenvalue weighted by molar-refractivity contribution is -0.121. The molecule has 2 rings (SSSR count). The number of Topliss-reactive ketones (excluding diaryl/α,β-unsaturated/α-hetero) is 1. The summed E-state index contributed by atoms with van der Waals surface area (Å²) in [5.41, 5.74) is 0.441. The first kappa shape index (κ1) is 16.6. The fourth-order valence-electron chi connectivity index (χ4n) is 2.08. The molecule has 1 saturated heterocycles. The zero-order valence-corrected chi connectivity index (χ0v) is 11.8. The summed E-state index contributed by atoms with van der Waals surface area (Å²) in [6.45, 7) is 1.71. The predicted octanol–water partition coefficient (Wildman–Crippen LogP) is 1.69. The standard InChI is InChI=1S/C14H17FN2O2.ClH/c15-11-3-1-10(2-4-11)13(18)5-6-14(19)17-12-7-8-16-9-12;/h1-4,12,16H,5-9H2,(H,17,19);1H. The zero-order valence-electron chi connectivity index (χ0n) is 11.0. The maximum absolute atomic E-state index is 12.7. The minimum absolute atomic E-state index is 0. The van der Waals surface area contributed by atoms with Gasteiger partial charge >= 0.3 is 0 Å². The first-order chi connectivity index (χ1) is 9.15. The molecule has 6 heteroatoms. The Labute approximate surface area is 123 Å². The molecule has 0 aromatic heterocycles. The Bertz CT molecular complexity index is 459. The van der Waals surface area contributed by atoms with Gasteiger partial charge in [-0.1, -0.05) is 0 Å². The van der Waals surface area contributed by atoms with Crippen LogP contribution in [0.1, 0.15) is 29.6 Å². The van der Waals surface area contributed by atoms with Crippen LogP contribution in [0.15, 0.2) is 24.3 Å². The van der Waals surface area contributed by atoms with Crippen LogP contribution >= 0.6 is 12.4 Å². The largest absolute Gasteiger partial charge is 0.352 e. The van der Waals surface area contributed by atoms with Crippen molar-refractivity contribution in [1.82, 2.24) is 10.6 Å². The Morgan fingerprint density at radius 3 is 2.55 bits per heavy atom. The SMILES string of the molecule is Cl.O=C(CCC(=O)c1ccc(F)cc1)NC1CCNC1. The average molecular weight is 301 g/mol. The fraction of sp³-hybridized carbons (Fsp3) is 0.429. The third-order valence-electron chi connectivity index (χ3n) is 3.17. The lowest BCUT2D eigenvalue weighted by Crippen LogP contribution is -2.36. The van der Waals surface area contributed by atoms with Crippen LogP contribution in [0.4, 0.5) is 4.39 Å². The molecule has 1 heterocycles. The Balaban J connectivity index is 0.00000200. The van der Waals surface area contributed by atoms with Crippen LogP contribution in [0.5, 0.6) is 0 Å². The van der Waals surface area contributed by atoms with Crippen molar-refractivity contribution in [3.05, 3.63) is 35.6 Å². The van der Waals surface area contributed by atoms with Crippen LogP contribution in [0.25, 0.3) is 0 Å². The van der Waals surface area contributed by atoms with Gasteiger partial charge in [-0.05, 0) is 37.2 Å². The topological polar surface area (TPSA) is 58.2 Å². The molecule has 0 spiro atoms. The Hall–Kier alpha value is -1.46. The molecule has 4 nitrogen and oxygen atoms in total. The van der Waals surface area contributed by atoms with E-state index in [1.807, 2.05) is 0 Å². The van der Waals surface area contributed by atoms with Gasteiger partial charge in [-0.25, -0.2) is 4.39 Å². The summed E-state index contributed by atoms with van der Waals surface area (Å²) >= 11 is 0. The summed E-state index contributed by atoms with van der Waals surface area (Å²) in [7, 11) is 0. The van der Waals surface area contributed by atoms with Crippen molar-refractivity contribution in [2.45, 2.75) is 25.3 Å². The van der Waals surface area contributed by atoms with Crippen LogP contribution in [-0.2, 0) is 4.79 Å². The van der Waals surface area contributed by atoms with Gasteiger partial charge < -0.3 is 10.6 Å². The first-order valence-corrected chi connectivity index (χ1v) is 6.44. The third-order valence-corrected chi connectivity index (χ3v) is 3.17. The van der Waals surface area contributed by atoms with Gasteiger partial charge in [0.05, 0.1) is 0 Å².